The van der Waals surface area contributed by atoms with E-state index in [1.165, 1.54) is 51.5 Å². The first-order chi connectivity index (χ1) is 8.83. The Morgan fingerprint density at radius 3 is 2.56 bits per heavy atom. The van der Waals surface area contributed by atoms with E-state index in [9.17, 15) is 4.79 Å². The standard InChI is InChI=1S/C14H25N3O/c18-14(15-12-5-1-2-6-12)17-10-9-16-8-4-3-7-13(16)11-17/h12-13H,1-11H2,(H,15,18). The number of carbonyl (C=O) groups is 1. The van der Waals surface area contributed by atoms with E-state index in [0.29, 0.717) is 12.1 Å². The number of fused-ring (bicyclic) bond motifs is 1. The van der Waals surface area contributed by atoms with Gasteiger partial charge in [0.1, 0.15) is 0 Å². The molecule has 0 spiro atoms. The zero-order chi connectivity index (χ0) is 12.4. The molecule has 3 fully saturated rings. The molecule has 2 aliphatic heterocycles. The molecule has 4 nitrogen and oxygen atoms in total. The van der Waals surface area contributed by atoms with Crippen LogP contribution in [0.2, 0.25) is 0 Å². The minimum atomic E-state index is 0.187. The van der Waals surface area contributed by atoms with E-state index in [4.69, 9.17) is 0 Å². The van der Waals surface area contributed by atoms with Crippen LogP contribution in [-0.4, -0.2) is 54.1 Å². The van der Waals surface area contributed by atoms with Gasteiger partial charge in [-0.15, -0.1) is 0 Å². The molecule has 0 aromatic carbocycles. The number of amides is 2. The quantitative estimate of drug-likeness (QED) is 0.771. The summed E-state index contributed by atoms with van der Waals surface area (Å²) in [5.74, 6) is 0. The lowest BCUT2D eigenvalue weighted by Crippen LogP contribution is -2.58. The molecule has 2 amide bonds. The molecule has 1 saturated carbocycles. The molecule has 3 aliphatic rings. The molecule has 0 aromatic heterocycles. The van der Waals surface area contributed by atoms with Crippen LogP contribution < -0.4 is 5.32 Å². The van der Waals surface area contributed by atoms with Crippen LogP contribution in [0.25, 0.3) is 0 Å². The van der Waals surface area contributed by atoms with Gasteiger partial charge < -0.3 is 10.2 Å². The molecule has 2 heterocycles. The average Bonchev–Trinajstić information content (AvgIpc) is 2.91. The zero-order valence-corrected chi connectivity index (χ0v) is 11.2. The predicted molar refractivity (Wildman–Crippen MR) is 71.6 cm³/mol. The van der Waals surface area contributed by atoms with Gasteiger partial charge in [0.25, 0.3) is 0 Å². The van der Waals surface area contributed by atoms with Gasteiger partial charge in [0.2, 0.25) is 0 Å². The third-order valence-corrected chi connectivity index (χ3v) is 4.81. The molecule has 1 N–H and O–H groups in total. The van der Waals surface area contributed by atoms with Gasteiger partial charge >= 0.3 is 6.03 Å². The number of carbonyl (C=O) groups excluding carboxylic acids is 1. The largest absolute Gasteiger partial charge is 0.335 e. The highest BCUT2D eigenvalue weighted by Crippen LogP contribution is 2.22. The molecule has 4 heteroatoms. The van der Waals surface area contributed by atoms with Gasteiger partial charge in [0, 0.05) is 31.7 Å². The van der Waals surface area contributed by atoms with Crippen molar-refractivity contribution in [1.82, 2.24) is 15.1 Å². The van der Waals surface area contributed by atoms with Gasteiger partial charge in [-0.05, 0) is 32.2 Å². The monoisotopic (exact) mass is 251 g/mol. The Hall–Kier alpha value is -0.770. The maximum atomic E-state index is 12.2. The highest BCUT2D eigenvalue weighted by molar-refractivity contribution is 5.74. The summed E-state index contributed by atoms with van der Waals surface area (Å²) >= 11 is 0. The van der Waals surface area contributed by atoms with Gasteiger partial charge in [0.05, 0.1) is 0 Å². The first-order valence-electron chi connectivity index (χ1n) is 7.62. The lowest BCUT2D eigenvalue weighted by molar-refractivity contribution is 0.0636. The van der Waals surface area contributed by atoms with Gasteiger partial charge in [0.15, 0.2) is 0 Å². The lowest BCUT2D eigenvalue weighted by Gasteiger charge is -2.44. The smallest absolute Gasteiger partial charge is 0.317 e. The molecule has 0 radical (unpaired) electrons. The Morgan fingerprint density at radius 2 is 1.72 bits per heavy atom. The second kappa shape index (κ2) is 5.47. The minimum Gasteiger partial charge on any atom is -0.335 e. The molecule has 0 aromatic rings. The predicted octanol–water partition coefficient (Wildman–Crippen LogP) is 1.81. The normalized spacial score (nSPS) is 30.2. The molecule has 1 unspecified atom stereocenters. The van der Waals surface area contributed by atoms with Crippen LogP contribution in [0.15, 0.2) is 0 Å². The van der Waals surface area contributed by atoms with Gasteiger partial charge in [-0.25, -0.2) is 4.79 Å². The molecule has 0 bridgehead atoms. The van der Waals surface area contributed by atoms with Crippen molar-refractivity contribution in [3.05, 3.63) is 0 Å². The third-order valence-electron chi connectivity index (χ3n) is 4.81. The molecule has 3 rings (SSSR count). The highest BCUT2D eigenvalue weighted by atomic mass is 16.2. The number of piperidine rings is 1. The summed E-state index contributed by atoms with van der Waals surface area (Å²) in [5.41, 5.74) is 0. The topological polar surface area (TPSA) is 35.6 Å². The third kappa shape index (κ3) is 2.63. The molecular weight excluding hydrogens is 226 g/mol. The first kappa shape index (κ1) is 12.3. The Balaban J connectivity index is 1.51. The number of piperazine rings is 1. The van der Waals surface area contributed by atoms with Crippen LogP contribution in [0, 0.1) is 0 Å². The Kier molecular flexibility index (Phi) is 3.73. The summed E-state index contributed by atoms with van der Waals surface area (Å²) in [7, 11) is 0. The minimum absolute atomic E-state index is 0.187. The van der Waals surface area contributed by atoms with Crippen molar-refractivity contribution >= 4 is 6.03 Å². The number of nitrogens with zero attached hydrogens (tertiary/aromatic N) is 2. The van der Waals surface area contributed by atoms with E-state index < -0.39 is 0 Å². The summed E-state index contributed by atoms with van der Waals surface area (Å²) in [6.07, 6.45) is 8.85. The van der Waals surface area contributed by atoms with Crippen LogP contribution in [0.4, 0.5) is 4.79 Å². The van der Waals surface area contributed by atoms with Crippen molar-refractivity contribution in [3.8, 4) is 0 Å². The van der Waals surface area contributed by atoms with Crippen molar-refractivity contribution < 1.29 is 4.79 Å². The number of rotatable bonds is 1. The molecule has 102 valence electrons. The highest BCUT2D eigenvalue weighted by Gasteiger charge is 2.31. The first-order valence-corrected chi connectivity index (χ1v) is 7.62. The number of nitrogens with one attached hydrogen (secondary N) is 1. The van der Waals surface area contributed by atoms with Crippen molar-refractivity contribution in [2.75, 3.05) is 26.2 Å². The van der Waals surface area contributed by atoms with Gasteiger partial charge in [-0.1, -0.05) is 19.3 Å². The number of hydrogen-bond donors (Lipinski definition) is 1. The summed E-state index contributed by atoms with van der Waals surface area (Å²) in [4.78, 5) is 16.8. The van der Waals surface area contributed by atoms with Crippen LogP contribution in [-0.2, 0) is 0 Å². The second-order valence-corrected chi connectivity index (χ2v) is 6.06. The second-order valence-electron chi connectivity index (χ2n) is 6.06. The SMILES string of the molecule is O=C(NC1CCCC1)N1CCN2CCCCC2C1. The van der Waals surface area contributed by atoms with Gasteiger partial charge in [-0.3, -0.25) is 4.90 Å². The van der Waals surface area contributed by atoms with E-state index in [-0.39, 0.29) is 6.03 Å². The molecule has 1 aliphatic carbocycles. The van der Waals surface area contributed by atoms with E-state index in [2.05, 4.69) is 10.2 Å². The molecule has 2 saturated heterocycles. The Morgan fingerprint density at radius 1 is 0.944 bits per heavy atom. The van der Waals surface area contributed by atoms with Crippen LogP contribution >= 0.6 is 0 Å². The van der Waals surface area contributed by atoms with Crippen molar-refractivity contribution in [3.63, 3.8) is 0 Å². The van der Waals surface area contributed by atoms with Crippen molar-refractivity contribution in [1.29, 1.82) is 0 Å². The summed E-state index contributed by atoms with van der Waals surface area (Å²) in [6, 6.07) is 1.26. The summed E-state index contributed by atoms with van der Waals surface area (Å²) in [5, 5.41) is 3.21. The maximum Gasteiger partial charge on any atom is 0.317 e. The molecular formula is C14H25N3O. The molecule has 1 atom stereocenters. The maximum absolute atomic E-state index is 12.2. The Labute approximate surface area is 110 Å². The van der Waals surface area contributed by atoms with E-state index >= 15 is 0 Å². The van der Waals surface area contributed by atoms with Crippen LogP contribution in [0.5, 0.6) is 0 Å². The molecule has 18 heavy (non-hydrogen) atoms. The van der Waals surface area contributed by atoms with Crippen molar-refractivity contribution in [2.45, 2.75) is 57.0 Å². The van der Waals surface area contributed by atoms with Gasteiger partial charge in [-0.2, -0.15) is 0 Å². The summed E-state index contributed by atoms with van der Waals surface area (Å²) in [6.45, 7) is 4.17. The van der Waals surface area contributed by atoms with Crippen molar-refractivity contribution in [2.24, 2.45) is 0 Å². The fourth-order valence-corrected chi connectivity index (χ4v) is 3.68. The lowest BCUT2D eigenvalue weighted by atomic mass is 10.00. The number of urea groups is 1. The van der Waals surface area contributed by atoms with E-state index in [0.717, 1.165) is 19.6 Å². The summed E-state index contributed by atoms with van der Waals surface area (Å²) < 4.78 is 0. The zero-order valence-electron chi connectivity index (χ0n) is 11.2. The Bertz CT molecular complexity index is 301. The average molecular weight is 251 g/mol. The fraction of sp³-hybridized carbons (Fsp3) is 0.929. The van der Waals surface area contributed by atoms with Crippen LogP contribution in [0.1, 0.15) is 44.9 Å². The van der Waals surface area contributed by atoms with E-state index in [1.807, 2.05) is 4.90 Å². The number of hydrogen-bond acceptors (Lipinski definition) is 2. The van der Waals surface area contributed by atoms with Crippen LogP contribution in [0.3, 0.4) is 0 Å². The fourth-order valence-electron chi connectivity index (χ4n) is 3.68. The van der Waals surface area contributed by atoms with E-state index in [1.54, 1.807) is 0 Å².